The Bertz CT molecular complexity index is 491. The van der Waals surface area contributed by atoms with Gasteiger partial charge < -0.3 is 5.73 Å². The first-order valence-corrected chi connectivity index (χ1v) is 7.71. The second-order valence-electron chi connectivity index (χ2n) is 6.10. The van der Waals surface area contributed by atoms with Crippen LogP contribution >= 0.6 is 11.3 Å². The van der Waals surface area contributed by atoms with Crippen molar-refractivity contribution in [2.75, 3.05) is 6.54 Å². The molecule has 0 saturated heterocycles. The number of hydrogen-bond donors (Lipinski definition) is 1. The summed E-state index contributed by atoms with van der Waals surface area (Å²) < 4.78 is 0. The fourth-order valence-corrected chi connectivity index (χ4v) is 3.09. The number of thiophene rings is 1. The maximum atomic E-state index is 5.92. The van der Waals surface area contributed by atoms with E-state index < -0.39 is 0 Å². The second-order valence-corrected chi connectivity index (χ2v) is 7.08. The lowest BCUT2D eigenvalue weighted by Gasteiger charge is -2.20. The molecule has 0 aliphatic heterocycles. The van der Waals surface area contributed by atoms with E-state index >= 15 is 0 Å². The van der Waals surface area contributed by atoms with E-state index in [1.54, 1.807) is 11.3 Å². The van der Waals surface area contributed by atoms with Gasteiger partial charge in [0.2, 0.25) is 0 Å². The summed E-state index contributed by atoms with van der Waals surface area (Å²) in [5.74, 6) is 0.445. The molecule has 2 heteroatoms. The van der Waals surface area contributed by atoms with Gasteiger partial charge in [0, 0.05) is 17.3 Å². The molecule has 0 aliphatic carbocycles. The summed E-state index contributed by atoms with van der Waals surface area (Å²) in [6.07, 6.45) is 1.03. The van der Waals surface area contributed by atoms with Crippen molar-refractivity contribution in [3.05, 3.63) is 57.8 Å². The van der Waals surface area contributed by atoms with Crippen LogP contribution < -0.4 is 5.73 Å². The number of rotatable bonds is 4. The number of benzene rings is 1. The topological polar surface area (TPSA) is 26.0 Å². The minimum Gasteiger partial charge on any atom is -0.330 e. The molecule has 1 aromatic carbocycles. The number of hydrogen-bond acceptors (Lipinski definition) is 2. The van der Waals surface area contributed by atoms with Crippen molar-refractivity contribution < 1.29 is 0 Å². The van der Waals surface area contributed by atoms with Crippen molar-refractivity contribution in [3.8, 4) is 0 Å². The van der Waals surface area contributed by atoms with Gasteiger partial charge in [0.15, 0.2) is 0 Å². The molecule has 1 aromatic heterocycles. The Morgan fingerprint density at radius 2 is 1.79 bits per heavy atom. The van der Waals surface area contributed by atoms with Crippen LogP contribution in [0.4, 0.5) is 0 Å². The highest BCUT2D eigenvalue weighted by molar-refractivity contribution is 7.10. The molecule has 1 atom stereocenters. The Hall–Kier alpha value is -1.12. The lowest BCUT2D eigenvalue weighted by atomic mass is 9.86. The summed E-state index contributed by atoms with van der Waals surface area (Å²) in [5, 5.41) is 2.13. The van der Waals surface area contributed by atoms with E-state index in [1.807, 2.05) is 0 Å². The van der Waals surface area contributed by atoms with Gasteiger partial charge in [-0.3, -0.25) is 0 Å². The molecule has 2 rings (SSSR count). The average Bonchev–Trinajstić information content (AvgIpc) is 2.89. The first-order chi connectivity index (χ1) is 9.00. The highest BCUT2D eigenvalue weighted by Crippen LogP contribution is 2.26. The SMILES string of the molecule is CC(C)(C)c1ccc(CC(CN)c2cccs2)cc1. The van der Waals surface area contributed by atoms with E-state index in [0.717, 1.165) is 6.42 Å². The molecule has 102 valence electrons. The molecule has 1 heterocycles. The highest BCUT2D eigenvalue weighted by Gasteiger charge is 2.15. The maximum absolute atomic E-state index is 5.92. The quantitative estimate of drug-likeness (QED) is 0.881. The largest absolute Gasteiger partial charge is 0.330 e. The molecule has 2 N–H and O–H groups in total. The van der Waals surface area contributed by atoms with Gasteiger partial charge in [-0.1, -0.05) is 51.1 Å². The van der Waals surface area contributed by atoms with E-state index in [2.05, 4.69) is 62.5 Å². The number of nitrogens with two attached hydrogens (primary N) is 1. The van der Waals surface area contributed by atoms with Crippen LogP contribution in [0.15, 0.2) is 41.8 Å². The van der Waals surface area contributed by atoms with Crippen molar-refractivity contribution in [3.63, 3.8) is 0 Å². The first-order valence-electron chi connectivity index (χ1n) is 6.83. The fraction of sp³-hybridized carbons (Fsp3) is 0.412. The molecule has 1 nitrogen and oxygen atoms in total. The van der Waals surface area contributed by atoms with Gasteiger partial charge in [-0.25, -0.2) is 0 Å². The molecule has 0 fully saturated rings. The first kappa shape index (κ1) is 14.3. The molecule has 0 spiro atoms. The van der Waals surface area contributed by atoms with Crippen LogP contribution in [0.25, 0.3) is 0 Å². The Labute approximate surface area is 120 Å². The molecule has 1 unspecified atom stereocenters. The van der Waals surface area contributed by atoms with Crippen molar-refractivity contribution in [2.45, 2.75) is 38.5 Å². The van der Waals surface area contributed by atoms with Gasteiger partial charge in [0.05, 0.1) is 0 Å². The van der Waals surface area contributed by atoms with Crippen LogP contribution in [0.2, 0.25) is 0 Å². The maximum Gasteiger partial charge on any atom is 0.00958 e. The van der Waals surface area contributed by atoms with Gasteiger partial charge in [0.25, 0.3) is 0 Å². The van der Waals surface area contributed by atoms with Crippen molar-refractivity contribution >= 4 is 11.3 Å². The molecule has 0 aliphatic rings. The molecule has 0 saturated carbocycles. The molecule has 2 aromatic rings. The van der Waals surface area contributed by atoms with Crippen LogP contribution in [-0.4, -0.2) is 6.54 Å². The monoisotopic (exact) mass is 273 g/mol. The molecular formula is C17H23NS. The standard InChI is InChI=1S/C17H23NS/c1-17(2,3)15-8-6-13(7-9-15)11-14(12-18)16-5-4-10-19-16/h4-10,14H,11-12,18H2,1-3H3. The summed E-state index contributed by atoms with van der Waals surface area (Å²) in [5.41, 5.74) is 8.90. The van der Waals surface area contributed by atoms with Gasteiger partial charge in [-0.05, 0) is 34.4 Å². The molecule has 0 radical (unpaired) electrons. The van der Waals surface area contributed by atoms with Crippen LogP contribution in [0.3, 0.4) is 0 Å². The third-order valence-corrected chi connectivity index (χ3v) is 4.57. The molecular weight excluding hydrogens is 250 g/mol. The Morgan fingerprint density at radius 3 is 2.26 bits per heavy atom. The molecule has 19 heavy (non-hydrogen) atoms. The summed E-state index contributed by atoms with van der Waals surface area (Å²) in [6.45, 7) is 7.45. The van der Waals surface area contributed by atoms with Gasteiger partial charge in [0.1, 0.15) is 0 Å². The minimum absolute atomic E-state index is 0.222. The lowest BCUT2D eigenvalue weighted by molar-refractivity contribution is 0.589. The molecule has 0 bridgehead atoms. The van der Waals surface area contributed by atoms with Crippen molar-refractivity contribution in [2.24, 2.45) is 5.73 Å². The Morgan fingerprint density at radius 1 is 1.11 bits per heavy atom. The van der Waals surface area contributed by atoms with Crippen molar-refractivity contribution in [1.29, 1.82) is 0 Å². The van der Waals surface area contributed by atoms with Crippen molar-refractivity contribution in [1.82, 2.24) is 0 Å². The van der Waals surface area contributed by atoms with Crippen LogP contribution in [0.5, 0.6) is 0 Å². The summed E-state index contributed by atoms with van der Waals surface area (Å²) in [7, 11) is 0. The van der Waals surface area contributed by atoms with E-state index in [9.17, 15) is 0 Å². The zero-order valence-electron chi connectivity index (χ0n) is 12.0. The third kappa shape index (κ3) is 3.68. The van der Waals surface area contributed by atoms with Crippen LogP contribution in [-0.2, 0) is 11.8 Å². The fourth-order valence-electron chi connectivity index (χ4n) is 2.25. The van der Waals surface area contributed by atoms with E-state index in [0.29, 0.717) is 12.5 Å². The Balaban J connectivity index is 2.11. The summed E-state index contributed by atoms with van der Waals surface area (Å²) in [6, 6.07) is 13.3. The zero-order chi connectivity index (χ0) is 13.9. The van der Waals surface area contributed by atoms with Gasteiger partial charge >= 0.3 is 0 Å². The molecule has 0 amide bonds. The van der Waals surface area contributed by atoms with E-state index in [1.165, 1.54) is 16.0 Å². The predicted octanol–water partition coefficient (Wildman–Crippen LogP) is 4.33. The summed E-state index contributed by atoms with van der Waals surface area (Å²) in [4.78, 5) is 1.39. The van der Waals surface area contributed by atoms with Crippen LogP contribution in [0, 0.1) is 0 Å². The Kier molecular flexibility index (Phi) is 4.43. The van der Waals surface area contributed by atoms with Gasteiger partial charge in [-0.2, -0.15) is 0 Å². The van der Waals surface area contributed by atoms with E-state index in [4.69, 9.17) is 5.73 Å². The summed E-state index contributed by atoms with van der Waals surface area (Å²) >= 11 is 1.80. The predicted molar refractivity (Wildman–Crippen MR) is 85.0 cm³/mol. The third-order valence-electron chi connectivity index (χ3n) is 3.53. The lowest BCUT2D eigenvalue weighted by Crippen LogP contribution is -2.14. The zero-order valence-corrected chi connectivity index (χ0v) is 12.8. The van der Waals surface area contributed by atoms with E-state index in [-0.39, 0.29) is 5.41 Å². The van der Waals surface area contributed by atoms with Crippen LogP contribution in [0.1, 0.15) is 42.7 Å². The second kappa shape index (κ2) is 5.89. The smallest absolute Gasteiger partial charge is 0.00958 e. The van der Waals surface area contributed by atoms with Gasteiger partial charge in [-0.15, -0.1) is 11.3 Å². The average molecular weight is 273 g/mol. The highest BCUT2D eigenvalue weighted by atomic mass is 32.1. The minimum atomic E-state index is 0.222. The normalized spacial score (nSPS) is 13.5.